The molecule has 2 unspecified atom stereocenters. The zero-order valence-corrected chi connectivity index (χ0v) is 12.5. The van der Waals surface area contributed by atoms with E-state index >= 15 is 0 Å². The second-order valence-corrected chi connectivity index (χ2v) is 5.80. The van der Waals surface area contributed by atoms with Crippen molar-refractivity contribution in [3.63, 3.8) is 0 Å². The lowest BCUT2D eigenvalue weighted by molar-refractivity contribution is 0.240. The van der Waals surface area contributed by atoms with Crippen molar-refractivity contribution in [1.82, 2.24) is 25.5 Å². The summed E-state index contributed by atoms with van der Waals surface area (Å²) in [6.07, 6.45) is 7.87. The van der Waals surface area contributed by atoms with E-state index in [1.54, 1.807) is 0 Å². The van der Waals surface area contributed by atoms with E-state index in [-0.39, 0.29) is 6.04 Å². The molecule has 5 heteroatoms. The summed E-state index contributed by atoms with van der Waals surface area (Å²) in [6, 6.07) is 0.636. The van der Waals surface area contributed by atoms with Crippen molar-refractivity contribution in [2.24, 2.45) is 5.92 Å². The van der Waals surface area contributed by atoms with Gasteiger partial charge < -0.3 is 5.32 Å². The molecule has 1 heterocycles. The van der Waals surface area contributed by atoms with Gasteiger partial charge in [0.15, 0.2) is 5.82 Å². The highest BCUT2D eigenvalue weighted by Gasteiger charge is 2.25. The van der Waals surface area contributed by atoms with Gasteiger partial charge in [0.05, 0.1) is 12.1 Å². The minimum atomic E-state index is 0.223. The van der Waals surface area contributed by atoms with Crippen LogP contribution in [-0.4, -0.2) is 26.8 Å². The number of rotatable bonds is 6. The fourth-order valence-corrected chi connectivity index (χ4v) is 3.04. The summed E-state index contributed by atoms with van der Waals surface area (Å²) in [5.74, 6) is 1.71. The van der Waals surface area contributed by atoms with E-state index < -0.39 is 0 Å². The van der Waals surface area contributed by atoms with Crippen LogP contribution in [0, 0.1) is 5.92 Å². The molecule has 0 saturated heterocycles. The molecule has 0 aliphatic heterocycles. The van der Waals surface area contributed by atoms with Crippen LogP contribution in [0.2, 0.25) is 0 Å². The normalized spacial score (nSPS) is 20.4. The highest BCUT2D eigenvalue weighted by atomic mass is 15.6. The Labute approximate surface area is 116 Å². The Morgan fingerprint density at radius 2 is 2.00 bits per heavy atom. The molecule has 5 nitrogen and oxygen atoms in total. The van der Waals surface area contributed by atoms with Gasteiger partial charge in [-0.1, -0.05) is 26.2 Å². The van der Waals surface area contributed by atoms with E-state index in [4.69, 9.17) is 0 Å². The average molecular weight is 265 g/mol. The Hall–Kier alpha value is -0.970. The Balaban J connectivity index is 2.04. The molecule has 1 fully saturated rings. The maximum absolute atomic E-state index is 4.24. The molecule has 0 aromatic carbocycles. The summed E-state index contributed by atoms with van der Waals surface area (Å²) >= 11 is 0. The minimum absolute atomic E-state index is 0.223. The second kappa shape index (κ2) is 6.98. The third-order valence-corrected chi connectivity index (χ3v) is 4.32. The lowest BCUT2D eigenvalue weighted by atomic mass is 9.84. The van der Waals surface area contributed by atoms with Crippen LogP contribution in [-0.2, 0) is 0 Å². The van der Waals surface area contributed by atoms with Gasteiger partial charge in [-0.25, -0.2) is 4.68 Å². The van der Waals surface area contributed by atoms with Gasteiger partial charge in [0.2, 0.25) is 0 Å². The SMILES string of the molecule is CCCNC(C)c1nnnn1C(C)C1CCCCC1. The third kappa shape index (κ3) is 3.53. The lowest BCUT2D eigenvalue weighted by Gasteiger charge is -2.28. The van der Waals surface area contributed by atoms with Crippen molar-refractivity contribution in [3.8, 4) is 0 Å². The first kappa shape index (κ1) is 14.4. The Morgan fingerprint density at radius 3 is 2.68 bits per heavy atom. The second-order valence-electron chi connectivity index (χ2n) is 5.80. The molecular formula is C14H27N5. The third-order valence-electron chi connectivity index (χ3n) is 4.32. The van der Waals surface area contributed by atoms with Crippen molar-refractivity contribution in [3.05, 3.63) is 5.82 Å². The first-order valence-corrected chi connectivity index (χ1v) is 7.75. The van der Waals surface area contributed by atoms with Gasteiger partial charge >= 0.3 is 0 Å². The molecule has 2 rings (SSSR count). The van der Waals surface area contributed by atoms with Crippen LogP contribution in [0.25, 0.3) is 0 Å². The molecule has 1 N–H and O–H groups in total. The zero-order chi connectivity index (χ0) is 13.7. The molecule has 19 heavy (non-hydrogen) atoms. The molecule has 1 saturated carbocycles. The van der Waals surface area contributed by atoms with Gasteiger partial charge in [-0.3, -0.25) is 0 Å². The number of tetrazole rings is 1. The van der Waals surface area contributed by atoms with Crippen LogP contribution in [0.4, 0.5) is 0 Å². The first-order chi connectivity index (χ1) is 9.24. The fraction of sp³-hybridized carbons (Fsp3) is 0.929. The summed E-state index contributed by atoms with van der Waals surface area (Å²) in [4.78, 5) is 0. The van der Waals surface area contributed by atoms with E-state index in [1.807, 2.05) is 4.68 Å². The van der Waals surface area contributed by atoms with Gasteiger partial charge in [-0.15, -0.1) is 5.10 Å². The number of hydrogen-bond donors (Lipinski definition) is 1. The molecule has 0 bridgehead atoms. The maximum atomic E-state index is 4.24. The van der Waals surface area contributed by atoms with Crippen molar-refractivity contribution in [1.29, 1.82) is 0 Å². The lowest BCUT2D eigenvalue weighted by Crippen LogP contribution is -2.27. The van der Waals surface area contributed by atoms with Crippen LogP contribution in [0.3, 0.4) is 0 Å². The van der Waals surface area contributed by atoms with E-state index in [9.17, 15) is 0 Å². The molecule has 108 valence electrons. The van der Waals surface area contributed by atoms with Crippen LogP contribution >= 0.6 is 0 Å². The number of aromatic nitrogens is 4. The Morgan fingerprint density at radius 1 is 1.26 bits per heavy atom. The van der Waals surface area contributed by atoms with E-state index in [0.29, 0.717) is 6.04 Å². The Kier molecular flexibility index (Phi) is 5.31. The van der Waals surface area contributed by atoms with Crippen molar-refractivity contribution >= 4 is 0 Å². The van der Waals surface area contributed by atoms with E-state index in [0.717, 1.165) is 24.7 Å². The van der Waals surface area contributed by atoms with Crippen molar-refractivity contribution in [2.75, 3.05) is 6.54 Å². The van der Waals surface area contributed by atoms with Crippen LogP contribution < -0.4 is 5.32 Å². The standard InChI is InChI=1S/C14H27N5/c1-4-10-15-11(2)14-16-17-18-19(14)12(3)13-8-6-5-7-9-13/h11-13,15H,4-10H2,1-3H3. The minimum Gasteiger partial charge on any atom is -0.307 e. The van der Waals surface area contributed by atoms with Gasteiger partial charge in [0.25, 0.3) is 0 Å². The summed E-state index contributed by atoms with van der Waals surface area (Å²) < 4.78 is 2.04. The van der Waals surface area contributed by atoms with Crippen molar-refractivity contribution in [2.45, 2.75) is 71.4 Å². The van der Waals surface area contributed by atoms with Crippen LogP contribution in [0.1, 0.15) is 77.2 Å². The molecule has 1 aliphatic rings. The molecule has 0 radical (unpaired) electrons. The first-order valence-electron chi connectivity index (χ1n) is 7.75. The largest absolute Gasteiger partial charge is 0.307 e. The van der Waals surface area contributed by atoms with E-state index in [2.05, 4.69) is 41.6 Å². The molecule has 2 atom stereocenters. The van der Waals surface area contributed by atoms with Crippen LogP contribution in [0.5, 0.6) is 0 Å². The topological polar surface area (TPSA) is 55.6 Å². The fourth-order valence-electron chi connectivity index (χ4n) is 3.04. The smallest absolute Gasteiger partial charge is 0.168 e. The van der Waals surface area contributed by atoms with Crippen molar-refractivity contribution < 1.29 is 0 Å². The molecular weight excluding hydrogens is 238 g/mol. The summed E-state index contributed by atoms with van der Waals surface area (Å²) in [7, 11) is 0. The zero-order valence-electron chi connectivity index (χ0n) is 12.5. The van der Waals surface area contributed by atoms with Gasteiger partial charge in [-0.2, -0.15) is 0 Å². The molecule has 1 aromatic heterocycles. The average Bonchev–Trinajstić information content (AvgIpc) is 2.94. The molecule has 1 aliphatic carbocycles. The van der Waals surface area contributed by atoms with Gasteiger partial charge in [0.1, 0.15) is 0 Å². The summed E-state index contributed by atoms with van der Waals surface area (Å²) in [6.45, 7) is 7.59. The molecule has 1 aromatic rings. The number of hydrogen-bond acceptors (Lipinski definition) is 4. The molecule has 0 spiro atoms. The van der Waals surface area contributed by atoms with Crippen LogP contribution in [0.15, 0.2) is 0 Å². The van der Waals surface area contributed by atoms with Gasteiger partial charge in [0, 0.05) is 0 Å². The highest BCUT2D eigenvalue weighted by Crippen LogP contribution is 2.33. The number of nitrogens with one attached hydrogen (secondary N) is 1. The quantitative estimate of drug-likeness (QED) is 0.859. The van der Waals surface area contributed by atoms with Gasteiger partial charge in [-0.05, 0) is 56.0 Å². The summed E-state index contributed by atoms with van der Waals surface area (Å²) in [5.41, 5.74) is 0. The monoisotopic (exact) mass is 265 g/mol. The maximum Gasteiger partial charge on any atom is 0.168 e. The summed E-state index contributed by atoms with van der Waals surface area (Å²) in [5, 5.41) is 15.8. The molecule has 0 amide bonds. The van der Waals surface area contributed by atoms with E-state index in [1.165, 1.54) is 32.1 Å². The predicted octanol–water partition coefficient (Wildman–Crippen LogP) is 2.88. The highest BCUT2D eigenvalue weighted by molar-refractivity contribution is 4.92. The predicted molar refractivity (Wildman–Crippen MR) is 75.8 cm³/mol. The Bertz CT molecular complexity index is 370. The number of nitrogens with zero attached hydrogens (tertiary/aromatic N) is 4.